The SMILES string of the molecule is Cc1cc(Cc2ccc(C(=O)N[C@@H]3CCOC[C@@H]3C(=O)NO)cc2)c2cccc(C(F)(F)F)c2n1. The Morgan fingerprint density at radius 2 is 1.91 bits per heavy atom. The van der Waals surface area contributed by atoms with Crippen LogP contribution in [0.15, 0.2) is 48.5 Å². The van der Waals surface area contributed by atoms with Crippen LogP contribution in [0.25, 0.3) is 10.9 Å². The van der Waals surface area contributed by atoms with E-state index in [4.69, 9.17) is 9.94 Å². The minimum absolute atomic E-state index is 0.0797. The molecule has 0 saturated carbocycles. The monoisotopic (exact) mass is 487 g/mol. The molecule has 1 aromatic heterocycles. The molecule has 2 aromatic carbocycles. The van der Waals surface area contributed by atoms with Gasteiger partial charge in [-0.2, -0.15) is 13.2 Å². The topological polar surface area (TPSA) is 101 Å². The van der Waals surface area contributed by atoms with Crippen LogP contribution in [0.2, 0.25) is 0 Å². The Hall–Kier alpha value is -3.50. The third-order valence-electron chi connectivity index (χ3n) is 6.09. The van der Waals surface area contributed by atoms with Crippen LogP contribution in [0, 0.1) is 12.8 Å². The molecule has 3 aromatic rings. The maximum Gasteiger partial charge on any atom is 0.418 e. The summed E-state index contributed by atoms with van der Waals surface area (Å²) in [7, 11) is 0. The summed E-state index contributed by atoms with van der Waals surface area (Å²) < 4.78 is 45.7. The molecule has 10 heteroatoms. The van der Waals surface area contributed by atoms with E-state index in [0.29, 0.717) is 41.7 Å². The highest BCUT2D eigenvalue weighted by molar-refractivity contribution is 5.95. The lowest BCUT2D eigenvalue weighted by Crippen LogP contribution is -2.51. The second-order valence-corrected chi connectivity index (χ2v) is 8.52. The van der Waals surface area contributed by atoms with Crippen molar-refractivity contribution in [3.8, 4) is 0 Å². The van der Waals surface area contributed by atoms with Crippen molar-refractivity contribution in [3.05, 3.63) is 76.5 Å². The first-order valence-corrected chi connectivity index (χ1v) is 11.1. The van der Waals surface area contributed by atoms with Gasteiger partial charge in [0.05, 0.1) is 23.6 Å². The summed E-state index contributed by atoms with van der Waals surface area (Å²) >= 11 is 0. The number of nitrogens with one attached hydrogen (secondary N) is 2. The number of para-hydroxylation sites is 1. The maximum atomic E-state index is 13.5. The Labute approximate surface area is 199 Å². The summed E-state index contributed by atoms with van der Waals surface area (Å²) in [6.07, 6.45) is -3.72. The summed E-state index contributed by atoms with van der Waals surface area (Å²) in [6.45, 7) is 2.13. The standard InChI is InChI=1S/C25H24F3N3O4/c1-14-11-17(18-3-2-4-20(22(18)29-14)25(26,27)28)12-15-5-7-16(8-6-15)23(32)30-21-9-10-35-13-19(21)24(33)31-34/h2-8,11,19,21,34H,9-10,12-13H2,1H3,(H,30,32)(H,31,33)/t19-,21+/m0/s1. The van der Waals surface area contributed by atoms with Gasteiger partial charge < -0.3 is 10.1 Å². The fourth-order valence-electron chi connectivity index (χ4n) is 4.33. The zero-order valence-corrected chi connectivity index (χ0v) is 18.9. The van der Waals surface area contributed by atoms with E-state index in [1.54, 1.807) is 48.8 Å². The van der Waals surface area contributed by atoms with Crippen LogP contribution >= 0.6 is 0 Å². The summed E-state index contributed by atoms with van der Waals surface area (Å²) in [5, 5.41) is 12.2. The lowest BCUT2D eigenvalue weighted by molar-refractivity contribution is -0.139. The molecule has 2 amide bonds. The minimum Gasteiger partial charge on any atom is -0.380 e. The van der Waals surface area contributed by atoms with E-state index >= 15 is 0 Å². The fraction of sp³-hybridized carbons (Fsp3) is 0.320. The van der Waals surface area contributed by atoms with Crippen molar-refractivity contribution in [2.75, 3.05) is 13.2 Å². The van der Waals surface area contributed by atoms with E-state index in [9.17, 15) is 22.8 Å². The summed E-state index contributed by atoms with van der Waals surface area (Å²) in [6, 6.07) is 12.0. The van der Waals surface area contributed by atoms with E-state index in [0.717, 1.165) is 11.6 Å². The van der Waals surface area contributed by atoms with Crippen molar-refractivity contribution < 1.29 is 32.7 Å². The van der Waals surface area contributed by atoms with Crippen LogP contribution in [0.3, 0.4) is 0 Å². The number of hydrogen-bond acceptors (Lipinski definition) is 5. The number of hydrogen-bond donors (Lipinski definition) is 3. The van der Waals surface area contributed by atoms with Gasteiger partial charge in [0.2, 0.25) is 0 Å². The summed E-state index contributed by atoms with van der Waals surface area (Å²) in [5.74, 6) is -1.71. The fourth-order valence-corrected chi connectivity index (χ4v) is 4.33. The number of nitrogens with zero attached hydrogens (tertiary/aromatic N) is 1. The number of rotatable bonds is 5. The molecule has 0 unspecified atom stereocenters. The molecule has 2 atom stereocenters. The number of benzene rings is 2. The van der Waals surface area contributed by atoms with Gasteiger partial charge in [-0.1, -0.05) is 24.3 Å². The molecule has 0 aliphatic carbocycles. The second-order valence-electron chi connectivity index (χ2n) is 8.52. The van der Waals surface area contributed by atoms with E-state index in [1.165, 1.54) is 6.07 Å². The number of aryl methyl sites for hydroxylation is 1. The van der Waals surface area contributed by atoms with Gasteiger partial charge in [-0.25, -0.2) is 5.48 Å². The van der Waals surface area contributed by atoms with E-state index in [-0.39, 0.29) is 18.0 Å². The highest BCUT2D eigenvalue weighted by Crippen LogP contribution is 2.35. The minimum atomic E-state index is -4.51. The van der Waals surface area contributed by atoms with Crippen molar-refractivity contribution >= 4 is 22.7 Å². The third kappa shape index (κ3) is 5.44. The number of pyridine rings is 1. The summed E-state index contributed by atoms with van der Waals surface area (Å²) in [4.78, 5) is 28.7. The van der Waals surface area contributed by atoms with Gasteiger partial charge in [-0.15, -0.1) is 0 Å². The van der Waals surface area contributed by atoms with Gasteiger partial charge in [0.25, 0.3) is 11.8 Å². The number of carbonyl (C=O) groups is 2. The second kappa shape index (κ2) is 10.0. The molecule has 2 heterocycles. The van der Waals surface area contributed by atoms with E-state index in [1.807, 2.05) is 0 Å². The molecular weight excluding hydrogens is 463 g/mol. The molecule has 3 N–H and O–H groups in total. The van der Waals surface area contributed by atoms with Crippen molar-refractivity contribution in [1.29, 1.82) is 0 Å². The normalized spacial score (nSPS) is 18.3. The molecule has 0 bridgehead atoms. The number of aromatic nitrogens is 1. The Morgan fingerprint density at radius 3 is 2.60 bits per heavy atom. The van der Waals surface area contributed by atoms with Crippen molar-refractivity contribution in [2.24, 2.45) is 5.92 Å². The van der Waals surface area contributed by atoms with E-state index in [2.05, 4.69) is 10.3 Å². The van der Waals surface area contributed by atoms with Gasteiger partial charge in [0.1, 0.15) is 0 Å². The first-order chi connectivity index (χ1) is 16.7. The molecule has 1 saturated heterocycles. The van der Waals surface area contributed by atoms with Gasteiger partial charge in [0.15, 0.2) is 0 Å². The zero-order valence-electron chi connectivity index (χ0n) is 18.9. The molecule has 1 aliphatic heterocycles. The lowest BCUT2D eigenvalue weighted by Gasteiger charge is -2.30. The molecule has 184 valence electrons. The molecule has 4 rings (SSSR count). The van der Waals surface area contributed by atoms with Gasteiger partial charge in [-0.3, -0.25) is 19.8 Å². The number of halogens is 3. The Kier molecular flexibility index (Phi) is 7.04. The van der Waals surface area contributed by atoms with Crippen molar-refractivity contribution in [3.63, 3.8) is 0 Å². The number of fused-ring (bicyclic) bond motifs is 1. The van der Waals surface area contributed by atoms with Gasteiger partial charge >= 0.3 is 6.18 Å². The lowest BCUT2D eigenvalue weighted by atomic mass is 9.94. The van der Waals surface area contributed by atoms with Crippen LogP contribution < -0.4 is 10.8 Å². The Bertz CT molecular complexity index is 1250. The largest absolute Gasteiger partial charge is 0.418 e. The molecule has 0 radical (unpaired) electrons. The molecule has 1 aliphatic rings. The predicted molar refractivity (Wildman–Crippen MR) is 121 cm³/mol. The zero-order chi connectivity index (χ0) is 25.2. The number of ether oxygens (including phenoxy) is 1. The molecule has 0 spiro atoms. The molecular formula is C25H24F3N3O4. The highest BCUT2D eigenvalue weighted by atomic mass is 19.4. The van der Waals surface area contributed by atoms with Crippen molar-refractivity contribution in [2.45, 2.75) is 32.0 Å². The Balaban J connectivity index is 1.53. The van der Waals surface area contributed by atoms with Crippen LogP contribution in [-0.2, 0) is 22.1 Å². The smallest absolute Gasteiger partial charge is 0.380 e. The van der Waals surface area contributed by atoms with Gasteiger partial charge in [-0.05, 0) is 55.2 Å². The number of alkyl halides is 3. The predicted octanol–water partition coefficient (Wildman–Crippen LogP) is 3.79. The number of hydroxylamine groups is 1. The summed E-state index contributed by atoms with van der Waals surface area (Å²) in [5.41, 5.74) is 3.13. The molecule has 35 heavy (non-hydrogen) atoms. The third-order valence-corrected chi connectivity index (χ3v) is 6.09. The molecule has 7 nitrogen and oxygen atoms in total. The average Bonchev–Trinajstić information content (AvgIpc) is 2.83. The number of amides is 2. The average molecular weight is 487 g/mol. The Morgan fingerprint density at radius 1 is 1.17 bits per heavy atom. The first-order valence-electron chi connectivity index (χ1n) is 11.1. The quantitative estimate of drug-likeness (QED) is 0.376. The van der Waals surface area contributed by atoms with Gasteiger partial charge in [0, 0.05) is 29.3 Å². The van der Waals surface area contributed by atoms with Crippen LogP contribution in [-0.4, -0.2) is 41.3 Å². The van der Waals surface area contributed by atoms with Crippen LogP contribution in [0.4, 0.5) is 13.2 Å². The van der Waals surface area contributed by atoms with Crippen LogP contribution in [0.1, 0.15) is 39.2 Å². The molecule has 1 fully saturated rings. The number of carbonyl (C=O) groups excluding carboxylic acids is 2. The van der Waals surface area contributed by atoms with Crippen LogP contribution in [0.5, 0.6) is 0 Å². The van der Waals surface area contributed by atoms with Crippen molar-refractivity contribution in [1.82, 2.24) is 15.8 Å². The van der Waals surface area contributed by atoms with E-state index < -0.39 is 29.6 Å². The first kappa shape index (κ1) is 24.6. The maximum absolute atomic E-state index is 13.5. The highest BCUT2D eigenvalue weighted by Gasteiger charge is 2.34.